The number of hydrogen-bond donors (Lipinski definition) is 2. The van der Waals surface area contributed by atoms with Crippen LogP contribution in [-0.2, 0) is 9.53 Å². The van der Waals surface area contributed by atoms with E-state index in [1.807, 2.05) is 0 Å². The van der Waals surface area contributed by atoms with Gasteiger partial charge in [0.05, 0.1) is 0 Å². The number of Topliss-reactive ketones (excluding diaryl/α,β-unsaturated/α-hetero) is 1. The minimum atomic E-state index is -1.40. The number of carbonyl (C=O) groups is 2. The maximum atomic E-state index is 13.3. The van der Waals surface area contributed by atoms with Crippen molar-refractivity contribution in [1.82, 2.24) is 5.32 Å². The number of para-hydroxylation sites is 1. The summed E-state index contributed by atoms with van der Waals surface area (Å²) >= 11 is 0. The molecule has 0 saturated carbocycles. The number of anilines is 1. The Hall–Kier alpha value is -1.88. The molecule has 1 aliphatic rings. The molecule has 1 fully saturated rings. The standard InChI is InChI=1S/C19H28N2O3/c1-17(2,3)24-16(23)19(12-18(4,5)10-11-21-19)15(22)13-8-6-7-9-14(13)20/h6-9,21H,10-12,20H2,1-5H3. The van der Waals surface area contributed by atoms with Gasteiger partial charge in [-0.15, -0.1) is 0 Å². The molecule has 5 heteroatoms. The largest absolute Gasteiger partial charge is 0.458 e. The molecule has 0 amide bonds. The fraction of sp³-hybridized carbons (Fsp3) is 0.579. The molecular weight excluding hydrogens is 304 g/mol. The van der Waals surface area contributed by atoms with Crippen molar-refractivity contribution in [3.05, 3.63) is 29.8 Å². The van der Waals surface area contributed by atoms with Crippen LogP contribution in [0.2, 0.25) is 0 Å². The van der Waals surface area contributed by atoms with Gasteiger partial charge in [0.2, 0.25) is 0 Å². The van der Waals surface area contributed by atoms with Gasteiger partial charge in [0.1, 0.15) is 5.60 Å². The lowest BCUT2D eigenvalue weighted by molar-refractivity contribution is -0.163. The van der Waals surface area contributed by atoms with Gasteiger partial charge in [-0.25, -0.2) is 4.79 Å². The Kier molecular flexibility index (Phi) is 4.77. The highest BCUT2D eigenvalue weighted by atomic mass is 16.6. The van der Waals surface area contributed by atoms with Crippen LogP contribution >= 0.6 is 0 Å². The number of benzene rings is 1. The summed E-state index contributed by atoms with van der Waals surface area (Å²) in [4.78, 5) is 26.3. The van der Waals surface area contributed by atoms with Crippen molar-refractivity contribution in [2.75, 3.05) is 12.3 Å². The van der Waals surface area contributed by atoms with E-state index in [9.17, 15) is 9.59 Å². The SMILES string of the molecule is CC1(C)CCNC(C(=O)OC(C)(C)C)(C(=O)c2ccccc2N)C1. The van der Waals surface area contributed by atoms with Crippen molar-refractivity contribution >= 4 is 17.4 Å². The summed E-state index contributed by atoms with van der Waals surface area (Å²) in [6, 6.07) is 6.85. The minimum Gasteiger partial charge on any atom is -0.458 e. The molecule has 1 heterocycles. The highest BCUT2D eigenvalue weighted by molar-refractivity contribution is 6.18. The first-order chi connectivity index (χ1) is 11.0. The fourth-order valence-corrected chi connectivity index (χ4v) is 3.18. The van der Waals surface area contributed by atoms with Crippen LogP contribution in [0.15, 0.2) is 24.3 Å². The molecular formula is C19H28N2O3. The van der Waals surface area contributed by atoms with E-state index in [0.29, 0.717) is 24.2 Å². The lowest BCUT2D eigenvalue weighted by Gasteiger charge is -2.43. The van der Waals surface area contributed by atoms with Crippen LogP contribution in [0.5, 0.6) is 0 Å². The average molecular weight is 332 g/mol. The molecule has 1 unspecified atom stereocenters. The summed E-state index contributed by atoms with van der Waals surface area (Å²) in [7, 11) is 0. The molecule has 1 aromatic carbocycles. The number of esters is 1. The van der Waals surface area contributed by atoms with E-state index >= 15 is 0 Å². The molecule has 0 bridgehead atoms. The summed E-state index contributed by atoms with van der Waals surface area (Å²) < 4.78 is 5.59. The van der Waals surface area contributed by atoms with Crippen LogP contribution in [0.3, 0.4) is 0 Å². The van der Waals surface area contributed by atoms with Crippen LogP contribution in [0.4, 0.5) is 5.69 Å². The maximum Gasteiger partial charge on any atom is 0.335 e. The Labute approximate surface area is 143 Å². The topological polar surface area (TPSA) is 81.4 Å². The maximum absolute atomic E-state index is 13.3. The molecule has 24 heavy (non-hydrogen) atoms. The van der Waals surface area contributed by atoms with Crippen LogP contribution in [0, 0.1) is 5.41 Å². The molecule has 3 N–H and O–H groups in total. The molecule has 1 aliphatic heterocycles. The first-order valence-electron chi connectivity index (χ1n) is 8.35. The first kappa shape index (κ1) is 18.5. The number of nitrogen functional groups attached to an aromatic ring is 1. The number of nitrogens with two attached hydrogens (primary N) is 1. The van der Waals surface area contributed by atoms with E-state index in [0.717, 1.165) is 6.42 Å². The van der Waals surface area contributed by atoms with E-state index in [4.69, 9.17) is 10.5 Å². The van der Waals surface area contributed by atoms with Gasteiger partial charge in [0.15, 0.2) is 11.3 Å². The predicted molar refractivity (Wildman–Crippen MR) is 94.8 cm³/mol. The Bertz CT molecular complexity index is 646. The Morgan fingerprint density at radius 2 is 1.83 bits per heavy atom. The van der Waals surface area contributed by atoms with E-state index in [2.05, 4.69) is 19.2 Å². The quantitative estimate of drug-likeness (QED) is 0.385. The second-order valence-corrected chi connectivity index (χ2v) is 8.34. The van der Waals surface area contributed by atoms with Gasteiger partial charge in [-0.1, -0.05) is 26.0 Å². The second kappa shape index (κ2) is 6.20. The number of ketones is 1. The molecule has 1 aromatic rings. The van der Waals surface area contributed by atoms with Crippen LogP contribution < -0.4 is 11.1 Å². The third kappa shape index (κ3) is 3.78. The highest BCUT2D eigenvalue weighted by Crippen LogP contribution is 2.38. The number of carbonyl (C=O) groups excluding carboxylic acids is 2. The van der Waals surface area contributed by atoms with E-state index in [1.54, 1.807) is 45.0 Å². The molecule has 2 rings (SSSR count). The summed E-state index contributed by atoms with van der Waals surface area (Å²) in [5.74, 6) is -0.848. The van der Waals surface area contributed by atoms with Crippen molar-refractivity contribution < 1.29 is 14.3 Å². The van der Waals surface area contributed by atoms with Crippen molar-refractivity contribution in [3.8, 4) is 0 Å². The smallest absolute Gasteiger partial charge is 0.335 e. The van der Waals surface area contributed by atoms with Gasteiger partial charge >= 0.3 is 5.97 Å². The van der Waals surface area contributed by atoms with Gasteiger partial charge in [0, 0.05) is 11.3 Å². The second-order valence-electron chi connectivity index (χ2n) is 8.34. The van der Waals surface area contributed by atoms with Crippen molar-refractivity contribution in [3.63, 3.8) is 0 Å². The van der Waals surface area contributed by atoms with E-state index in [-0.39, 0.29) is 11.2 Å². The van der Waals surface area contributed by atoms with Gasteiger partial charge < -0.3 is 10.5 Å². The van der Waals surface area contributed by atoms with Crippen LogP contribution in [0.25, 0.3) is 0 Å². The molecule has 0 spiro atoms. The fourth-order valence-electron chi connectivity index (χ4n) is 3.18. The summed E-state index contributed by atoms with van der Waals surface area (Å²) in [5, 5.41) is 3.16. The van der Waals surface area contributed by atoms with E-state index < -0.39 is 17.1 Å². The lowest BCUT2D eigenvalue weighted by Crippen LogP contribution is -2.64. The Morgan fingerprint density at radius 3 is 2.38 bits per heavy atom. The number of hydrogen-bond acceptors (Lipinski definition) is 5. The van der Waals surface area contributed by atoms with Gasteiger partial charge in [0.25, 0.3) is 0 Å². The first-order valence-corrected chi connectivity index (χ1v) is 8.35. The number of rotatable bonds is 3. The van der Waals surface area contributed by atoms with Crippen LogP contribution in [0.1, 0.15) is 57.8 Å². The van der Waals surface area contributed by atoms with Crippen molar-refractivity contribution in [2.45, 2.75) is 58.6 Å². The van der Waals surface area contributed by atoms with Gasteiger partial charge in [-0.2, -0.15) is 0 Å². The van der Waals surface area contributed by atoms with Gasteiger partial charge in [-0.3, -0.25) is 10.1 Å². The average Bonchev–Trinajstić information content (AvgIpc) is 2.44. The Morgan fingerprint density at radius 1 is 1.21 bits per heavy atom. The van der Waals surface area contributed by atoms with Crippen molar-refractivity contribution in [1.29, 1.82) is 0 Å². The molecule has 0 aliphatic carbocycles. The summed E-state index contributed by atoms with van der Waals surface area (Å²) in [6.07, 6.45) is 1.26. The summed E-state index contributed by atoms with van der Waals surface area (Å²) in [6.45, 7) is 10.1. The molecule has 1 saturated heterocycles. The van der Waals surface area contributed by atoms with E-state index in [1.165, 1.54) is 0 Å². The Balaban J connectivity index is 2.49. The molecule has 0 aromatic heterocycles. The lowest BCUT2D eigenvalue weighted by atomic mass is 9.70. The zero-order valence-corrected chi connectivity index (χ0v) is 15.2. The third-order valence-corrected chi connectivity index (χ3v) is 4.31. The highest BCUT2D eigenvalue weighted by Gasteiger charge is 2.53. The number of ether oxygens (including phenoxy) is 1. The predicted octanol–water partition coefficient (Wildman–Crippen LogP) is 2.94. The van der Waals surface area contributed by atoms with Crippen molar-refractivity contribution in [2.24, 2.45) is 5.41 Å². The normalized spacial score (nSPS) is 23.5. The molecule has 132 valence electrons. The molecule has 1 atom stereocenters. The monoisotopic (exact) mass is 332 g/mol. The zero-order chi connectivity index (χ0) is 18.2. The van der Waals surface area contributed by atoms with Gasteiger partial charge in [-0.05, 0) is 57.7 Å². The minimum absolute atomic E-state index is 0.151. The van der Waals surface area contributed by atoms with Crippen LogP contribution in [-0.4, -0.2) is 29.4 Å². The third-order valence-electron chi connectivity index (χ3n) is 4.31. The zero-order valence-electron chi connectivity index (χ0n) is 15.2. The molecule has 0 radical (unpaired) electrons. The number of nitrogens with one attached hydrogen (secondary N) is 1. The summed E-state index contributed by atoms with van der Waals surface area (Å²) in [5.41, 5.74) is 4.49. The molecule has 5 nitrogen and oxygen atoms in total. The number of piperidine rings is 1.